The van der Waals surface area contributed by atoms with E-state index in [1.807, 2.05) is 18.2 Å². The minimum atomic E-state index is -0.774. The van der Waals surface area contributed by atoms with Gasteiger partial charge in [-0.1, -0.05) is 29.8 Å². The minimum Gasteiger partial charge on any atom is -0.481 e. The lowest BCUT2D eigenvalue weighted by Crippen LogP contribution is -2.39. The number of benzene rings is 1. The molecule has 5 nitrogen and oxygen atoms in total. The maximum absolute atomic E-state index is 12.6. The molecule has 0 atom stereocenters. The Hall–Kier alpha value is -1.92. The number of nitrogens with zero attached hydrogens (tertiary/aromatic N) is 2. The quantitative estimate of drug-likeness (QED) is 0.895. The predicted molar refractivity (Wildman–Crippen MR) is 93.4 cm³/mol. The standard InChI is InChI=1S/C17H17ClN2O3S/c18-13-4-2-1-3-12(13)16-19-14(10-24-16)17(23)20-7-5-11(6-8-20)9-15(21)22/h1-4,10-11H,5-9H2,(H,21,22). The summed E-state index contributed by atoms with van der Waals surface area (Å²) in [5.41, 5.74) is 1.25. The normalized spacial score (nSPS) is 15.5. The van der Waals surface area contributed by atoms with Gasteiger partial charge >= 0.3 is 5.97 Å². The van der Waals surface area contributed by atoms with Crippen molar-refractivity contribution in [3.63, 3.8) is 0 Å². The van der Waals surface area contributed by atoms with Crippen molar-refractivity contribution in [1.82, 2.24) is 9.88 Å². The molecule has 1 aromatic heterocycles. The number of aromatic nitrogens is 1. The monoisotopic (exact) mass is 364 g/mol. The van der Waals surface area contributed by atoms with Gasteiger partial charge in [-0.25, -0.2) is 4.98 Å². The van der Waals surface area contributed by atoms with Crippen LogP contribution in [-0.2, 0) is 4.79 Å². The average molecular weight is 365 g/mol. The van der Waals surface area contributed by atoms with Crippen LogP contribution in [0.15, 0.2) is 29.6 Å². The van der Waals surface area contributed by atoms with Crippen LogP contribution in [0.4, 0.5) is 0 Å². The van der Waals surface area contributed by atoms with E-state index in [9.17, 15) is 9.59 Å². The Labute approximate surface area is 148 Å². The van der Waals surface area contributed by atoms with E-state index in [1.54, 1.807) is 16.3 Å². The van der Waals surface area contributed by atoms with Crippen LogP contribution < -0.4 is 0 Å². The van der Waals surface area contributed by atoms with E-state index in [4.69, 9.17) is 16.7 Å². The van der Waals surface area contributed by atoms with Gasteiger partial charge in [0.2, 0.25) is 0 Å². The van der Waals surface area contributed by atoms with Gasteiger partial charge in [0.05, 0.1) is 5.02 Å². The Morgan fingerprint density at radius 2 is 2.00 bits per heavy atom. The molecule has 126 valence electrons. The highest BCUT2D eigenvalue weighted by atomic mass is 35.5. The van der Waals surface area contributed by atoms with E-state index in [0.29, 0.717) is 23.8 Å². The summed E-state index contributed by atoms with van der Waals surface area (Å²) in [4.78, 5) is 29.5. The van der Waals surface area contributed by atoms with Crippen molar-refractivity contribution in [2.24, 2.45) is 5.92 Å². The fourth-order valence-corrected chi connectivity index (χ4v) is 3.99. The Bertz CT molecular complexity index is 754. The number of halogens is 1. The van der Waals surface area contributed by atoms with E-state index in [0.717, 1.165) is 23.4 Å². The SMILES string of the molecule is O=C(O)CC1CCN(C(=O)c2csc(-c3ccccc3Cl)n2)CC1. The summed E-state index contributed by atoms with van der Waals surface area (Å²) in [6, 6.07) is 7.42. The molecule has 1 aliphatic heterocycles. The molecule has 7 heteroatoms. The maximum Gasteiger partial charge on any atom is 0.303 e. The first-order valence-electron chi connectivity index (χ1n) is 7.76. The van der Waals surface area contributed by atoms with E-state index >= 15 is 0 Å². The minimum absolute atomic E-state index is 0.0988. The zero-order chi connectivity index (χ0) is 17.1. The van der Waals surface area contributed by atoms with Crippen LogP contribution in [0.1, 0.15) is 29.8 Å². The van der Waals surface area contributed by atoms with Crippen LogP contribution in [0.3, 0.4) is 0 Å². The molecule has 0 spiro atoms. The van der Waals surface area contributed by atoms with Crippen LogP contribution in [0.2, 0.25) is 5.02 Å². The van der Waals surface area contributed by atoms with Crippen molar-refractivity contribution in [2.75, 3.05) is 13.1 Å². The highest BCUT2D eigenvalue weighted by Crippen LogP contribution is 2.30. The Kier molecular flexibility index (Phi) is 5.16. The first-order chi connectivity index (χ1) is 11.5. The number of piperidine rings is 1. The zero-order valence-electron chi connectivity index (χ0n) is 12.9. The molecular formula is C17H17ClN2O3S. The van der Waals surface area contributed by atoms with Gasteiger partial charge in [-0.3, -0.25) is 9.59 Å². The number of hydrogen-bond donors (Lipinski definition) is 1. The van der Waals surface area contributed by atoms with Gasteiger partial charge in [-0.05, 0) is 24.8 Å². The van der Waals surface area contributed by atoms with Crippen LogP contribution in [0, 0.1) is 5.92 Å². The number of aliphatic carboxylic acids is 1. The van der Waals surface area contributed by atoms with Crippen LogP contribution in [-0.4, -0.2) is 40.0 Å². The van der Waals surface area contributed by atoms with Gasteiger partial charge in [0.15, 0.2) is 0 Å². The molecule has 2 aromatic rings. The number of carbonyl (C=O) groups is 2. The lowest BCUT2D eigenvalue weighted by Gasteiger charge is -2.30. The lowest BCUT2D eigenvalue weighted by molar-refractivity contribution is -0.138. The molecule has 24 heavy (non-hydrogen) atoms. The van der Waals surface area contributed by atoms with Crippen molar-refractivity contribution < 1.29 is 14.7 Å². The van der Waals surface area contributed by atoms with Gasteiger partial charge in [0.1, 0.15) is 10.7 Å². The highest BCUT2D eigenvalue weighted by Gasteiger charge is 2.26. The van der Waals surface area contributed by atoms with Crippen molar-refractivity contribution in [1.29, 1.82) is 0 Å². The lowest BCUT2D eigenvalue weighted by atomic mass is 9.93. The largest absolute Gasteiger partial charge is 0.481 e. The van der Waals surface area contributed by atoms with Crippen LogP contribution in [0.5, 0.6) is 0 Å². The van der Waals surface area contributed by atoms with E-state index < -0.39 is 5.97 Å². The summed E-state index contributed by atoms with van der Waals surface area (Å²) in [7, 11) is 0. The van der Waals surface area contributed by atoms with Crippen molar-refractivity contribution in [3.8, 4) is 10.6 Å². The Balaban J connectivity index is 1.67. The summed E-state index contributed by atoms with van der Waals surface area (Å²) in [5.74, 6) is -0.720. The summed E-state index contributed by atoms with van der Waals surface area (Å²) in [6.45, 7) is 1.16. The Morgan fingerprint density at radius 1 is 1.29 bits per heavy atom. The molecule has 1 N–H and O–H groups in total. The summed E-state index contributed by atoms with van der Waals surface area (Å²) in [5, 5.41) is 11.9. The fraction of sp³-hybridized carbons (Fsp3) is 0.353. The second kappa shape index (κ2) is 7.32. The molecule has 1 aromatic carbocycles. The van der Waals surface area contributed by atoms with Gasteiger partial charge < -0.3 is 10.0 Å². The molecule has 0 radical (unpaired) electrons. The molecule has 0 aliphatic carbocycles. The molecule has 0 saturated carbocycles. The molecule has 1 aliphatic rings. The topological polar surface area (TPSA) is 70.5 Å². The van der Waals surface area contributed by atoms with Gasteiger partial charge in [0.25, 0.3) is 5.91 Å². The third-order valence-corrected chi connectivity index (χ3v) is 5.40. The molecule has 1 amide bonds. The van der Waals surface area contributed by atoms with E-state index in [1.165, 1.54) is 11.3 Å². The maximum atomic E-state index is 12.6. The Morgan fingerprint density at radius 3 is 2.67 bits per heavy atom. The summed E-state index contributed by atoms with van der Waals surface area (Å²) >= 11 is 7.57. The third-order valence-electron chi connectivity index (χ3n) is 4.19. The first kappa shape index (κ1) is 16.9. The molecule has 2 heterocycles. The number of carboxylic acid groups (broad SMARTS) is 1. The number of carboxylic acids is 1. The highest BCUT2D eigenvalue weighted by molar-refractivity contribution is 7.13. The number of carbonyl (C=O) groups excluding carboxylic acids is 1. The summed E-state index contributed by atoms with van der Waals surface area (Å²) < 4.78 is 0. The van der Waals surface area contributed by atoms with Crippen molar-refractivity contribution in [3.05, 3.63) is 40.4 Å². The van der Waals surface area contributed by atoms with Gasteiger partial charge in [0, 0.05) is 30.5 Å². The van der Waals surface area contributed by atoms with Crippen LogP contribution in [0.25, 0.3) is 10.6 Å². The number of hydrogen-bond acceptors (Lipinski definition) is 4. The zero-order valence-corrected chi connectivity index (χ0v) is 14.5. The molecular weight excluding hydrogens is 348 g/mol. The van der Waals surface area contributed by atoms with E-state index in [-0.39, 0.29) is 18.2 Å². The summed E-state index contributed by atoms with van der Waals surface area (Å²) in [6.07, 6.45) is 1.62. The average Bonchev–Trinajstić information content (AvgIpc) is 3.04. The number of likely N-dealkylation sites (tertiary alicyclic amines) is 1. The number of thiazole rings is 1. The fourth-order valence-electron chi connectivity index (χ4n) is 2.88. The molecule has 1 saturated heterocycles. The second-order valence-corrected chi connectivity index (χ2v) is 7.12. The smallest absolute Gasteiger partial charge is 0.303 e. The number of amides is 1. The third kappa shape index (κ3) is 3.76. The second-order valence-electron chi connectivity index (χ2n) is 5.85. The van der Waals surface area contributed by atoms with Crippen molar-refractivity contribution in [2.45, 2.75) is 19.3 Å². The van der Waals surface area contributed by atoms with Crippen molar-refractivity contribution >= 4 is 34.8 Å². The molecule has 0 unspecified atom stereocenters. The van der Waals surface area contributed by atoms with Gasteiger partial charge in [-0.15, -0.1) is 11.3 Å². The van der Waals surface area contributed by atoms with E-state index in [2.05, 4.69) is 4.98 Å². The number of rotatable bonds is 4. The first-order valence-corrected chi connectivity index (χ1v) is 9.02. The van der Waals surface area contributed by atoms with Crippen LogP contribution >= 0.6 is 22.9 Å². The molecule has 3 rings (SSSR count). The molecule has 1 fully saturated rings. The predicted octanol–water partition coefficient (Wildman–Crippen LogP) is 3.79. The van der Waals surface area contributed by atoms with Gasteiger partial charge in [-0.2, -0.15) is 0 Å². The molecule has 0 bridgehead atoms.